The molecule has 0 N–H and O–H groups in total. The molecule has 12 rings (SSSR count). The number of nitrogens with zero attached hydrogens (tertiary/aromatic N) is 4. The molecule has 0 saturated carbocycles. The smallest absolute Gasteiger partial charge is 0.297 e. The molecule has 2 aliphatic heterocycles. The van der Waals surface area contributed by atoms with Gasteiger partial charge in [-0.05, 0) is 77.7 Å². The summed E-state index contributed by atoms with van der Waals surface area (Å²) in [5, 5.41) is 6.08. The van der Waals surface area contributed by atoms with Crippen LogP contribution in [0.1, 0.15) is 0 Å². The summed E-state index contributed by atoms with van der Waals surface area (Å²) in [6.07, 6.45) is 1.82. The Balaban J connectivity index is 1.33. The lowest BCUT2D eigenvalue weighted by atomic mass is 9.36. The third kappa shape index (κ3) is 3.10. The lowest BCUT2D eigenvalue weighted by Gasteiger charge is -2.37. The topological polar surface area (TPSA) is 39.1 Å². The minimum atomic E-state index is -0.138. The predicted octanol–water partition coefficient (Wildman–Crippen LogP) is 8.63. The van der Waals surface area contributed by atoms with Gasteiger partial charge in [-0.3, -0.25) is 0 Å². The molecule has 49 heavy (non-hydrogen) atoms. The highest BCUT2D eigenvalue weighted by molar-refractivity contribution is 7.00. The van der Waals surface area contributed by atoms with E-state index in [4.69, 9.17) is 9.40 Å². The summed E-state index contributed by atoms with van der Waals surface area (Å²) in [7, 11) is 0. The van der Waals surface area contributed by atoms with E-state index in [1.165, 1.54) is 60.2 Å². The number of hydrogen-bond donors (Lipinski definition) is 0. The van der Waals surface area contributed by atoms with E-state index in [0.29, 0.717) is 5.71 Å². The SMILES string of the molecule is c1ccc(N2c3cccc4c3B(c3oc5ncccc5c32)c2cc3c(c5ccccc5n3-c3ccccc3)c3c5ccccc5n-4c23)cc1. The van der Waals surface area contributed by atoms with Gasteiger partial charge in [0, 0.05) is 50.5 Å². The normalized spacial score (nSPS) is 13.2. The quantitative estimate of drug-likeness (QED) is 0.181. The van der Waals surface area contributed by atoms with Gasteiger partial charge >= 0.3 is 0 Å². The fourth-order valence-corrected chi connectivity index (χ4v) is 8.95. The number of rotatable bonds is 2. The number of anilines is 3. The van der Waals surface area contributed by atoms with Crippen molar-refractivity contribution in [3.8, 4) is 11.4 Å². The van der Waals surface area contributed by atoms with Crippen LogP contribution >= 0.6 is 0 Å². The van der Waals surface area contributed by atoms with Gasteiger partial charge in [0.25, 0.3) is 6.71 Å². The Bertz CT molecular complexity index is 3010. The van der Waals surface area contributed by atoms with Gasteiger partial charge in [0.1, 0.15) is 5.66 Å². The zero-order valence-electron chi connectivity index (χ0n) is 26.2. The van der Waals surface area contributed by atoms with E-state index in [0.717, 1.165) is 33.8 Å². The molecule has 5 nitrogen and oxygen atoms in total. The molecule has 0 radical (unpaired) electrons. The highest BCUT2D eigenvalue weighted by Gasteiger charge is 2.46. The molecule has 0 saturated heterocycles. The summed E-state index contributed by atoms with van der Waals surface area (Å²) in [6, 6.07) is 52.5. The third-order valence-corrected chi connectivity index (χ3v) is 10.7. The van der Waals surface area contributed by atoms with Crippen LogP contribution in [0.4, 0.5) is 17.1 Å². The van der Waals surface area contributed by atoms with Crippen LogP contribution in [-0.2, 0) is 0 Å². The second-order valence-electron chi connectivity index (χ2n) is 13.1. The summed E-state index contributed by atoms with van der Waals surface area (Å²) in [5.41, 5.74) is 14.6. The van der Waals surface area contributed by atoms with Crippen LogP contribution in [-0.4, -0.2) is 20.8 Å². The van der Waals surface area contributed by atoms with Crippen LogP contribution in [0.3, 0.4) is 0 Å². The molecule has 0 bridgehead atoms. The van der Waals surface area contributed by atoms with E-state index in [2.05, 4.69) is 154 Å². The Hall–Kier alpha value is -6.53. The van der Waals surface area contributed by atoms with Crippen molar-refractivity contribution in [1.29, 1.82) is 0 Å². The second kappa shape index (κ2) is 9.09. The standard InChI is InChI=1S/C43H25BN4O/c1-3-13-26(14-4-1)46-32-20-9-7-17-28(32)37-36(46)25-31-41-38(37)29-18-8-10-21-33(29)48(41)35-23-11-22-34-39(35)44(31)42-40(30-19-12-24-45-43(30)49-42)47(34)27-15-5-2-6-16-27/h1-25H. The monoisotopic (exact) mass is 624 g/mol. The maximum absolute atomic E-state index is 6.93. The maximum Gasteiger partial charge on any atom is 0.297 e. The zero-order valence-corrected chi connectivity index (χ0v) is 26.2. The van der Waals surface area contributed by atoms with Crippen LogP contribution in [0.25, 0.3) is 66.1 Å². The average molecular weight is 625 g/mol. The Kier molecular flexibility index (Phi) is 4.74. The predicted molar refractivity (Wildman–Crippen MR) is 202 cm³/mol. The Labute approximate surface area is 280 Å². The van der Waals surface area contributed by atoms with Gasteiger partial charge in [-0.25, -0.2) is 4.98 Å². The van der Waals surface area contributed by atoms with Gasteiger partial charge < -0.3 is 18.5 Å². The lowest BCUT2D eigenvalue weighted by molar-refractivity contribution is 0.637. The van der Waals surface area contributed by atoms with Crippen LogP contribution in [0, 0.1) is 0 Å². The molecule has 6 heterocycles. The molecule has 0 spiro atoms. The van der Waals surface area contributed by atoms with Gasteiger partial charge in [-0.2, -0.15) is 0 Å². The number of para-hydroxylation sites is 4. The minimum Gasteiger partial charge on any atom is -0.450 e. The van der Waals surface area contributed by atoms with Crippen molar-refractivity contribution < 1.29 is 4.42 Å². The van der Waals surface area contributed by atoms with Crippen molar-refractivity contribution in [3.63, 3.8) is 0 Å². The zero-order chi connectivity index (χ0) is 31.8. The number of fused-ring (bicyclic) bond motifs is 13. The molecule has 0 fully saturated rings. The first kappa shape index (κ1) is 25.6. The average Bonchev–Trinajstić information content (AvgIpc) is 3.82. The summed E-state index contributed by atoms with van der Waals surface area (Å²) >= 11 is 0. The number of pyridine rings is 1. The number of benzene rings is 6. The molecule has 6 heteroatoms. The Morgan fingerprint density at radius 3 is 1.98 bits per heavy atom. The van der Waals surface area contributed by atoms with Crippen molar-refractivity contribution in [2.75, 3.05) is 4.90 Å². The Morgan fingerprint density at radius 1 is 0.531 bits per heavy atom. The molecular weight excluding hydrogens is 599 g/mol. The molecule has 0 atom stereocenters. The third-order valence-electron chi connectivity index (χ3n) is 10.7. The van der Waals surface area contributed by atoms with Gasteiger partial charge in [0.2, 0.25) is 5.71 Å². The van der Waals surface area contributed by atoms with Crippen molar-refractivity contribution in [1.82, 2.24) is 14.1 Å². The first-order valence-electron chi connectivity index (χ1n) is 16.8. The molecule has 10 aromatic rings. The first-order valence-corrected chi connectivity index (χ1v) is 16.8. The van der Waals surface area contributed by atoms with E-state index >= 15 is 0 Å². The number of hydrogen-bond acceptors (Lipinski definition) is 3. The van der Waals surface area contributed by atoms with Gasteiger partial charge in [-0.15, -0.1) is 0 Å². The van der Waals surface area contributed by atoms with E-state index in [-0.39, 0.29) is 6.71 Å². The number of aromatic nitrogens is 3. The molecule has 6 aromatic carbocycles. The van der Waals surface area contributed by atoms with E-state index in [1.807, 2.05) is 12.3 Å². The fourth-order valence-electron chi connectivity index (χ4n) is 8.95. The van der Waals surface area contributed by atoms with Crippen molar-refractivity contribution in [2.24, 2.45) is 0 Å². The summed E-state index contributed by atoms with van der Waals surface area (Å²) in [4.78, 5) is 7.12. The number of furan rings is 1. The van der Waals surface area contributed by atoms with Crippen LogP contribution in [0.5, 0.6) is 0 Å². The first-order chi connectivity index (χ1) is 24.4. The molecule has 0 unspecified atom stereocenters. The molecule has 226 valence electrons. The molecule has 2 aliphatic rings. The summed E-state index contributed by atoms with van der Waals surface area (Å²) < 4.78 is 11.9. The highest BCUT2D eigenvalue weighted by Crippen LogP contribution is 2.46. The highest BCUT2D eigenvalue weighted by atomic mass is 16.3. The van der Waals surface area contributed by atoms with E-state index in [1.54, 1.807) is 0 Å². The molecule has 0 aliphatic carbocycles. The van der Waals surface area contributed by atoms with Gasteiger partial charge in [0.05, 0.1) is 33.1 Å². The second-order valence-corrected chi connectivity index (χ2v) is 13.1. The van der Waals surface area contributed by atoms with Crippen LogP contribution in [0.2, 0.25) is 0 Å². The molecular formula is C43H25BN4O. The van der Waals surface area contributed by atoms with Gasteiger partial charge in [0.15, 0.2) is 0 Å². The largest absolute Gasteiger partial charge is 0.450 e. The van der Waals surface area contributed by atoms with Crippen LogP contribution in [0.15, 0.2) is 156 Å². The van der Waals surface area contributed by atoms with Crippen molar-refractivity contribution >= 4 is 95.1 Å². The molecule has 4 aromatic heterocycles. The van der Waals surface area contributed by atoms with E-state index < -0.39 is 0 Å². The summed E-state index contributed by atoms with van der Waals surface area (Å²) in [6.45, 7) is -0.138. The maximum atomic E-state index is 6.93. The van der Waals surface area contributed by atoms with Gasteiger partial charge in [-0.1, -0.05) is 78.9 Å². The summed E-state index contributed by atoms with van der Waals surface area (Å²) in [5.74, 6) is 0. The van der Waals surface area contributed by atoms with E-state index in [9.17, 15) is 0 Å². The van der Waals surface area contributed by atoms with Crippen LogP contribution < -0.4 is 21.5 Å². The fraction of sp³-hybridized carbons (Fsp3) is 0. The van der Waals surface area contributed by atoms with Crippen molar-refractivity contribution in [2.45, 2.75) is 0 Å². The molecule has 0 amide bonds. The lowest BCUT2D eigenvalue weighted by Crippen LogP contribution is -2.60. The van der Waals surface area contributed by atoms with Crippen molar-refractivity contribution in [3.05, 3.63) is 152 Å². The minimum absolute atomic E-state index is 0.138. The Morgan fingerprint density at radius 2 is 1.18 bits per heavy atom.